The van der Waals surface area contributed by atoms with Gasteiger partial charge in [0.2, 0.25) is 0 Å². The number of hydrogen-bond acceptors (Lipinski definition) is 7. The van der Waals surface area contributed by atoms with E-state index >= 15 is 0 Å². The molecule has 2 aromatic rings. The second kappa shape index (κ2) is 7.11. The number of nitrogens with zero attached hydrogens (tertiary/aromatic N) is 2. The van der Waals surface area contributed by atoms with Crippen LogP contribution in [0.1, 0.15) is 35.1 Å². The molecule has 7 heteroatoms. The SMILES string of the molecule is CCOC(=O)c1sc(NC2CC2)nc1CSc1ccccn1. The van der Waals surface area contributed by atoms with Crippen molar-refractivity contribution in [1.82, 2.24) is 9.97 Å². The van der Waals surface area contributed by atoms with Gasteiger partial charge in [0, 0.05) is 18.0 Å². The Hall–Kier alpha value is -1.60. The third-order valence-electron chi connectivity index (χ3n) is 3.06. The molecule has 1 N–H and O–H groups in total. The fourth-order valence-corrected chi connectivity index (χ4v) is 3.69. The van der Waals surface area contributed by atoms with E-state index in [1.807, 2.05) is 25.1 Å². The molecule has 0 aliphatic heterocycles. The molecule has 5 nitrogen and oxygen atoms in total. The molecule has 2 heterocycles. The molecular weight excluding hydrogens is 318 g/mol. The smallest absolute Gasteiger partial charge is 0.350 e. The molecule has 116 valence electrons. The van der Waals surface area contributed by atoms with Crippen molar-refractivity contribution in [2.75, 3.05) is 11.9 Å². The zero-order valence-electron chi connectivity index (χ0n) is 12.2. The minimum absolute atomic E-state index is 0.291. The second-order valence-electron chi connectivity index (χ2n) is 4.89. The van der Waals surface area contributed by atoms with Crippen molar-refractivity contribution in [2.45, 2.75) is 36.6 Å². The van der Waals surface area contributed by atoms with Gasteiger partial charge in [0.05, 0.1) is 17.3 Å². The van der Waals surface area contributed by atoms with E-state index in [1.54, 1.807) is 18.0 Å². The highest BCUT2D eigenvalue weighted by Gasteiger charge is 2.25. The fourth-order valence-electron chi connectivity index (χ4n) is 1.84. The van der Waals surface area contributed by atoms with Gasteiger partial charge >= 0.3 is 5.97 Å². The van der Waals surface area contributed by atoms with E-state index in [0.717, 1.165) is 15.9 Å². The highest BCUT2D eigenvalue weighted by molar-refractivity contribution is 7.98. The van der Waals surface area contributed by atoms with Crippen LogP contribution >= 0.6 is 23.1 Å². The van der Waals surface area contributed by atoms with E-state index in [9.17, 15) is 4.79 Å². The van der Waals surface area contributed by atoms with Crippen molar-refractivity contribution in [1.29, 1.82) is 0 Å². The van der Waals surface area contributed by atoms with Gasteiger partial charge in [-0.05, 0) is 31.9 Å². The molecule has 0 aromatic carbocycles. The van der Waals surface area contributed by atoms with Crippen LogP contribution in [-0.4, -0.2) is 28.6 Å². The van der Waals surface area contributed by atoms with Crippen LogP contribution in [0.25, 0.3) is 0 Å². The van der Waals surface area contributed by atoms with E-state index < -0.39 is 0 Å². The molecule has 1 saturated carbocycles. The fraction of sp³-hybridized carbons (Fsp3) is 0.400. The first-order valence-electron chi connectivity index (χ1n) is 7.23. The van der Waals surface area contributed by atoms with Crippen molar-refractivity contribution in [3.8, 4) is 0 Å². The maximum atomic E-state index is 12.1. The first-order chi connectivity index (χ1) is 10.8. The number of hydrogen-bond donors (Lipinski definition) is 1. The van der Waals surface area contributed by atoms with Gasteiger partial charge in [-0.2, -0.15) is 0 Å². The number of carbonyl (C=O) groups is 1. The molecule has 1 aliphatic rings. The van der Waals surface area contributed by atoms with Crippen molar-refractivity contribution in [2.24, 2.45) is 0 Å². The van der Waals surface area contributed by atoms with Crippen LogP contribution in [-0.2, 0) is 10.5 Å². The number of pyridine rings is 1. The molecule has 0 spiro atoms. The summed E-state index contributed by atoms with van der Waals surface area (Å²) in [5.74, 6) is 0.314. The molecule has 0 unspecified atom stereocenters. The maximum Gasteiger partial charge on any atom is 0.350 e. The predicted molar refractivity (Wildman–Crippen MR) is 88.5 cm³/mol. The van der Waals surface area contributed by atoms with Gasteiger partial charge < -0.3 is 10.1 Å². The van der Waals surface area contributed by atoms with E-state index in [1.165, 1.54) is 24.2 Å². The quantitative estimate of drug-likeness (QED) is 0.616. The molecule has 0 radical (unpaired) electrons. The molecule has 1 aliphatic carbocycles. The maximum absolute atomic E-state index is 12.1. The van der Waals surface area contributed by atoms with Crippen LogP contribution in [0.15, 0.2) is 29.4 Å². The number of rotatable bonds is 7. The van der Waals surface area contributed by atoms with Gasteiger partial charge in [0.1, 0.15) is 4.88 Å². The molecule has 0 atom stereocenters. The number of carbonyl (C=O) groups excluding carboxylic acids is 1. The van der Waals surface area contributed by atoms with Gasteiger partial charge in [-0.15, -0.1) is 0 Å². The molecule has 0 saturated heterocycles. The first-order valence-corrected chi connectivity index (χ1v) is 9.03. The first kappa shape index (κ1) is 15.3. The number of esters is 1. The molecule has 0 amide bonds. The Morgan fingerprint density at radius 1 is 1.50 bits per heavy atom. The summed E-state index contributed by atoms with van der Waals surface area (Å²) < 4.78 is 5.13. The lowest BCUT2D eigenvalue weighted by Crippen LogP contribution is -2.05. The second-order valence-corrected chi connectivity index (χ2v) is 6.89. The minimum Gasteiger partial charge on any atom is -0.462 e. The number of nitrogens with one attached hydrogen (secondary N) is 1. The highest BCUT2D eigenvalue weighted by Crippen LogP contribution is 2.32. The Morgan fingerprint density at radius 3 is 3.05 bits per heavy atom. The average Bonchev–Trinajstić information content (AvgIpc) is 3.24. The summed E-state index contributed by atoms with van der Waals surface area (Å²) >= 11 is 2.95. The molecule has 1 fully saturated rings. The largest absolute Gasteiger partial charge is 0.462 e. The minimum atomic E-state index is -0.291. The summed E-state index contributed by atoms with van der Waals surface area (Å²) in [6, 6.07) is 6.29. The lowest BCUT2D eigenvalue weighted by Gasteiger charge is -2.02. The number of thiazole rings is 1. The third-order valence-corrected chi connectivity index (χ3v) is 5.02. The Kier molecular flexibility index (Phi) is 4.94. The van der Waals surface area contributed by atoms with Crippen LogP contribution in [0.5, 0.6) is 0 Å². The van der Waals surface area contributed by atoms with Crippen LogP contribution in [0.2, 0.25) is 0 Å². The summed E-state index contributed by atoms with van der Waals surface area (Å²) in [4.78, 5) is 21.5. The summed E-state index contributed by atoms with van der Waals surface area (Å²) in [7, 11) is 0. The van der Waals surface area contributed by atoms with Crippen LogP contribution in [0.3, 0.4) is 0 Å². The molecule has 22 heavy (non-hydrogen) atoms. The van der Waals surface area contributed by atoms with Gasteiger partial charge in [0.25, 0.3) is 0 Å². The lowest BCUT2D eigenvalue weighted by atomic mass is 10.4. The van der Waals surface area contributed by atoms with Crippen molar-refractivity contribution >= 4 is 34.2 Å². The lowest BCUT2D eigenvalue weighted by molar-refractivity contribution is 0.0531. The van der Waals surface area contributed by atoms with Crippen molar-refractivity contribution < 1.29 is 9.53 Å². The summed E-state index contributed by atoms with van der Waals surface area (Å²) in [6.07, 6.45) is 4.11. The van der Waals surface area contributed by atoms with E-state index in [-0.39, 0.29) is 5.97 Å². The van der Waals surface area contributed by atoms with Crippen LogP contribution in [0.4, 0.5) is 5.13 Å². The number of anilines is 1. The van der Waals surface area contributed by atoms with Crippen molar-refractivity contribution in [3.05, 3.63) is 35.0 Å². The van der Waals surface area contributed by atoms with Crippen LogP contribution < -0.4 is 5.32 Å². The normalized spacial score (nSPS) is 13.9. The predicted octanol–water partition coefficient (Wildman–Crippen LogP) is 3.58. The van der Waals surface area contributed by atoms with Gasteiger partial charge in [-0.3, -0.25) is 0 Å². The van der Waals surface area contributed by atoms with E-state index in [2.05, 4.69) is 15.3 Å². The Morgan fingerprint density at radius 2 is 2.36 bits per heavy atom. The zero-order valence-corrected chi connectivity index (χ0v) is 13.9. The Bertz CT molecular complexity index is 641. The van der Waals surface area contributed by atoms with Crippen molar-refractivity contribution in [3.63, 3.8) is 0 Å². The summed E-state index contributed by atoms with van der Waals surface area (Å²) in [5, 5.41) is 5.07. The third kappa shape index (κ3) is 3.98. The summed E-state index contributed by atoms with van der Waals surface area (Å²) in [5.41, 5.74) is 0.766. The molecule has 3 rings (SSSR count). The standard InChI is InChI=1S/C15H17N3O2S2/c1-2-20-14(19)13-11(9-21-12-5-3-4-8-16-12)18-15(22-13)17-10-6-7-10/h3-5,8,10H,2,6-7,9H2,1H3,(H,17,18). The van der Waals surface area contributed by atoms with Gasteiger partial charge in [0.15, 0.2) is 5.13 Å². The van der Waals surface area contributed by atoms with Gasteiger partial charge in [-0.1, -0.05) is 29.2 Å². The number of aromatic nitrogens is 2. The summed E-state index contributed by atoms with van der Waals surface area (Å²) in [6.45, 7) is 2.18. The van der Waals surface area contributed by atoms with Gasteiger partial charge in [-0.25, -0.2) is 14.8 Å². The van der Waals surface area contributed by atoms with Crippen LogP contribution in [0, 0.1) is 0 Å². The molecular formula is C15H17N3O2S2. The Labute approximate surface area is 137 Å². The number of thioether (sulfide) groups is 1. The highest BCUT2D eigenvalue weighted by atomic mass is 32.2. The van der Waals surface area contributed by atoms with E-state index in [4.69, 9.17) is 4.74 Å². The molecule has 2 aromatic heterocycles. The molecule has 0 bridgehead atoms. The monoisotopic (exact) mass is 335 g/mol. The number of ether oxygens (including phenoxy) is 1. The van der Waals surface area contributed by atoms with E-state index in [0.29, 0.717) is 23.3 Å². The average molecular weight is 335 g/mol. The Balaban J connectivity index is 1.74. The topological polar surface area (TPSA) is 64.1 Å². The zero-order chi connectivity index (χ0) is 15.4.